The smallest absolute Gasteiger partial charge is 0.127 e. The number of benzene rings is 2. The highest BCUT2D eigenvalue weighted by atomic mass is 31.1. The van der Waals surface area contributed by atoms with Crippen LogP contribution in [-0.2, 0) is 0 Å². The molecule has 3 nitrogen and oxygen atoms in total. The summed E-state index contributed by atoms with van der Waals surface area (Å²) in [5.74, 6) is 0. The van der Waals surface area contributed by atoms with E-state index in [2.05, 4.69) is 41.7 Å². The number of nitrogens with two attached hydrogens (primary N) is 2. The Morgan fingerprint density at radius 1 is 0.824 bits per heavy atom. The topological polar surface area (TPSA) is 64.1 Å². The molecule has 88 valence electrons. The fourth-order valence-electron chi connectivity index (χ4n) is 1.53. The number of hydrogen-bond acceptors (Lipinski definition) is 3. The van der Waals surface area contributed by atoms with Gasteiger partial charge in [-0.1, -0.05) is 51.0 Å². The Balaban J connectivity index is 2.03. The maximum absolute atomic E-state index is 5.45. The molecule has 0 saturated heterocycles. The van der Waals surface area contributed by atoms with Crippen molar-refractivity contribution in [3.8, 4) is 0 Å². The van der Waals surface area contributed by atoms with Crippen LogP contribution in [-0.4, -0.2) is 6.29 Å². The number of rotatable bonds is 4. The Labute approximate surface area is 103 Å². The second kappa shape index (κ2) is 5.78. The minimum absolute atomic E-state index is 0.516. The molecule has 0 aliphatic heterocycles. The van der Waals surface area contributed by atoms with Gasteiger partial charge >= 0.3 is 0 Å². The number of nitrogens with one attached hydrogen (secondary N) is 1. The van der Waals surface area contributed by atoms with Crippen LogP contribution < -0.4 is 27.4 Å². The lowest BCUT2D eigenvalue weighted by molar-refractivity contribution is 0.808. The molecule has 0 amide bonds. The van der Waals surface area contributed by atoms with Gasteiger partial charge in [0.05, 0.1) is 0 Å². The molecule has 0 bridgehead atoms. The lowest BCUT2D eigenvalue weighted by atomic mass is 10.3. The fourth-order valence-corrected chi connectivity index (χ4v) is 2.56. The predicted molar refractivity (Wildman–Crippen MR) is 76.3 cm³/mol. The monoisotopic (exact) mass is 245 g/mol. The Morgan fingerprint density at radius 3 is 2.00 bits per heavy atom. The molecule has 0 saturated carbocycles. The van der Waals surface area contributed by atoms with Gasteiger partial charge in [0.2, 0.25) is 0 Å². The van der Waals surface area contributed by atoms with Gasteiger partial charge in [0.25, 0.3) is 0 Å². The number of hydrogen-bond donors (Lipinski definition) is 3. The summed E-state index contributed by atoms with van der Waals surface area (Å²) >= 11 is 0. The first-order valence-corrected chi connectivity index (χ1v) is 6.44. The summed E-state index contributed by atoms with van der Waals surface area (Å²) in [5.41, 5.74) is 11.9. The van der Waals surface area contributed by atoms with Gasteiger partial charge in [0.1, 0.15) is 6.29 Å². The summed E-state index contributed by atoms with van der Waals surface area (Å²) in [6.45, 7) is 0. The standard InChI is InChI=1S/C13H16N3P/c14-13(15)16-10-6-8-12(9-7-10)17-11-4-2-1-3-5-11/h1-9,13,16-17H,14-15H2. The summed E-state index contributed by atoms with van der Waals surface area (Å²) in [4.78, 5) is 0. The normalized spacial score (nSPS) is 11.2. The second-order valence-corrected chi connectivity index (χ2v) is 5.14. The van der Waals surface area contributed by atoms with Gasteiger partial charge in [0, 0.05) is 5.69 Å². The van der Waals surface area contributed by atoms with Gasteiger partial charge < -0.3 is 5.32 Å². The zero-order valence-electron chi connectivity index (χ0n) is 9.43. The van der Waals surface area contributed by atoms with Gasteiger partial charge in [-0.05, 0) is 22.7 Å². The van der Waals surface area contributed by atoms with E-state index in [4.69, 9.17) is 11.5 Å². The molecule has 1 unspecified atom stereocenters. The van der Waals surface area contributed by atoms with Crippen molar-refractivity contribution in [2.75, 3.05) is 5.32 Å². The van der Waals surface area contributed by atoms with Gasteiger partial charge in [-0.15, -0.1) is 0 Å². The molecule has 0 fully saturated rings. The van der Waals surface area contributed by atoms with Crippen LogP contribution in [0.3, 0.4) is 0 Å². The lowest BCUT2D eigenvalue weighted by Crippen LogP contribution is -2.38. The fraction of sp³-hybridized carbons (Fsp3) is 0.0769. The Kier molecular flexibility index (Phi) is 4.10. The van der Waals surface area contributed by atoms with Crippen LogP contribution in [0.2, 0.25) is 0 Å². The lowest BCUT2D eigenvalue weighted by Gasteiger charge is -2.10. The minimum atomic E-state index is -0.516. The summed E-state index contributed by atoms with van der Waals surface area (Å²) in [7, 11) is 0.679. The Hall–Kier alpha value is -1.41. The molecule has 5 N–H and O–H groups in total. The molecule has 2 rings (SSSR count). The van der Waals surface area contributed by atoms with E-state index in [1.807, 2.05) is 18.2 Å². The molecule has 0 radical (unpaired) electrons. The molecule has 2 aromatic rings. The highest BCUT2D eigenvalue weighted by Crippen LogP contribution is 2.12. The molecular weight excluding hydrogens is 229 g/mol. The van der Waals surface area contributed by atoms with Crippen molar-refractivity contribution in [1.29, 1.82) is 0 Å². The van der Waals surface area contributed by atoms with Gasteiger partial charge in [-0.2, -0.15) is 0 Å². The summed E-state index contributed by atoms with van der Waals surface area (Å²) in [5, 5.41) is 5.59. The highest BCUT2D eigenvalue weighted by molar-refractivity contribution is 7.55. The van der Waals surface area contributed by atoms with Crippen LogP contribution >= 0.6 is 8.58 Å². The molecule has 4 heteroatoms. The molecule has 1 atom stereocenters. The van der Waals surface area contributed by atoms with E-state index in [1.54, 1.807) is 0 Å². The van der Waals surface area contributed by atoms with E-state index >= 15 is 0 Å². The van der Waals surface area contributed by atoms with E-state index in [1.165, 1.54) is 10.6 Å². The average Bonchev–Trinajstić information content (AvgIpc) is 2.32. The predicted octanol–water partition coefficient (Wildman–Crippen LogP) is 0.929. The molecule has 2 aromatic carbocycles. The van der Waals surface area contributed by atoms with Crippen LogP contribution in [0.4, 0.5) is 5.69 Å². The minimum Gasteiger partial charge on any atom is -0.358 e. The Morgan fingerprint density at radius 2 is 1.41 bits per heavy atom. The first kappa shape index (κ1) is 12.1. The second-order valence-electron chi connectivity index (χ2n) is 3.74. The van der Waals surface area contributed by atoms with Gasteiger partial charge in [-0.3, -0.25) is 11.5 Å². The zero-order valence-corrected chi connectivity index (χ0v) is 10.4. The van der Waals surface area contributed by atoms with Crippen molar-refractivity contribution >= 4 is 24.9 Å². The largest absolute Gasteiger partial charge is 0.358 e. The van der Waals surface area contributed by atoms with Crippen LogP contribution in [0.15, 0.2) is 54.6 Å². The van der Waals surface area contributed by atoms with E-state index in [0.717, 1.165) is 5.69 Å². The van der Waals surface area contributed by atoms with E-state index in [-0.39, 0.29) is 0 Å². The first-order valence-electron chi connectivity index (χ1n) is 5.44. The maximum atomic E-state index is 5.45. The van der Waals surface area contributed by atoms with Crippen LogP contribution in [0.5, 0.6) is 0 Å². The highest BCUT2D eigenvalue weighted by Gasteiger charge is 1.97. The van der Waals surface area contributed by atoms with E-state index in [0.29, 0.717) is 8.58 Å². The third kappa shape index (κ3) is 3.82. The van der Waals surface area contributed by atoms with Crippen molar-refractivity contribution in [3.05, 3.63) is 54.6 Å². The third-order valence-corrected chi connectivity index (χ3v) is 3.52. The molecule has 0 spiro atoms. The van der Waals surface area contributed by atoms with Gasteiger partial charge in [0.15, 0.2) is 0 Å². The van der Waals surface area contributed by atoms with Crippen LogP contribution in [0.25, 0.3) is 0 Å². The average molecular weight is 245 g/mol. The van der Waals surface area contributed by atoms with Gasteiger partial charge in [-0.25, -0.2) is 0 Å². The molecule has 0 aromatic heterocycles. The van der Waals surface area contributed by atoms with Crippen molar-refractivity contribution in [2.45, 2.75) is 6.29 Å². The van der Waals surface area contributed by atoms with Crippen molar-refractivity contribution in [3.63, 3.8) is 0 Å². The molecular formula is C13H16N3P. The summed E-state index contributed by atoms with van der Waals surface area (Å²) in [6, 6.07) is 18.6. The quantitative estimate of drug-likeness (QED) is 0.554. The van der Waals surface area contributed by atoms with Crippen molar-refractivity contribution < 1.29 is 0 Å². The molecule has 0 aliphatic rings. The summed E-state index contributed by atoms with van der Waals surface area (Å²) in [6.07, 6.45) is -0.516. The van der Waals surface area contributed by atoms with Crippen molar-refractivity contribution in [1.82, 2.24) is 0 Å². The molecule has 0 aliphatic carbocycles. The SMILES string of the molecule is NC(N)Nc1ccc(Pc2ccccc2)cc1. The zero-order chi connectivity index (χ0) is 12.1. The van der Waals surface area contributed by atoms with Crippen LogP contribution in [0.1, 0.15) is 0 Å². The Bertz CT molecular complexity index is 454. The first-order chi connectivity index (χ1) is 8.24. The number of anilines is 1. The molecule has 17 heavy (non-hydrogen) atoms. The van der Waals surface area contributed by atoms with Crippen molar-refractivity contribution in [2.24, 2.45) is 11.5 Å². The van der Waals surface area contributed by atoms with E-state index in [9.17, 15) is 0 Å². The van der Waals surface area contributed by atoms with Crippen LogP contribution in [0, 0.1) is 0 Å². The third-order valence-electron chi connectivity index (χ3n) is 2.28. The summed E-state index contributed by atoms with van der Waals surface area (Å²) < 4.78 is 0. The van der Waals surface area contributed by atoms with E-state index < -0.39 is 6.29 Å². The maximum Gasteiger partial charge on any atom is 0.127 e. The molecule has 0 heterocycles.